The van der Waals surface area contributed by atoms with Crippen molar-refractivity contribution in [2.75, 3.05) is 13.2 Å². The van der Waals surface area contributed by atoms with E-state index >= 15 is 0 Å². The normalized spacial score (nSPS) is 11.5. The Kier molecular flexibility index (Phi) is 25.5. The molecular weight excluding hydrogens is 471 g/mol. The zero-order valence-electron chi connectivity index (χ0n) is 24.3. The summed E-state index contributed by atoms with van der Waals surface area (Å²) in [6.45, 7) is 11.0. The van der Waals surface area contributed by atoms with Crippen molar-refractivity contribution in [1.29, 1.82) is 0 Å². The van der Waals surface area contributed by atoms with Gasteiger partial charge < -0.3 is 13.9 Å². The molecule has 0 amide bonds. The molecule has 0 fully saturated rings. The Morgan fingerprint density at radius 2 is 1.11 bits per heavy atom. The molecule has 0 spiro atoms. The summed E-state index contributed by atoms with van der Waals surface area (Å²) >= 11 is 0. The third kappa shape index (κ3) is 23.7. The standard InChI is InChI=1S/C23H45N2.C6H15O4P/c1-3-5-7-8-9-10-11-12-13-14-15-16-17-18-20-25-22-21-24(23-25)19-6-4-2;1-3-5-9-11(7,8)10-6-4-2/h21-23H,3-20H2,1-2H3;3-6H2,1-2H3,(H,7,8)/q+1;/p-1. The van der Waals surface area contributed by atoms with Gasteiger partial charge >= 0.3 is 0 Å². The summed E-state index contributed by atoms with van der Waals surface area (Å²) in [6.07, 6.45) is 30.7. The van der Waals surface area contributed by atoms with Crippen molar-refractivity contribution in [3.63, 3.8) is 0 Å². The second-order valence-corrected chi connectivity index (χ2v) is 11.4. The van der Waals surface area contributed by atoms with Crippen molar-refractivity contribution in [1.82, 2.24) is 4.57 Å². The van der Waals surface area contributed by atoms with E-state index in [0.29, 0.717) is 12.8 Å². The number of aryl methyl sites for hydroxylation is 2. The molecule has 0 aliphatic rings. The molecule has 0 aliphatic carbocycles. The van der Waals surface area contributed by atoms with Crippen LogP contribution in [-0.2, 0) is 26.7 Å². The van der Waals surface area contributed by atoms with Gasteiger partial charge in [0.1, 0.15) is 12.4 Å². The summed E-state index contributed by atoms with van der Waals surface area (Å²) in [7, 11) is -3.98. The van der Waals surface area contributed by atoms with Crippen LogP contribution in [0.15, 0.2) is 18.7 Å². The number of phosphoric ester groups is 1. The van der Waals surface area contributed by atoms with E-state index in [0.717, 1.165) is 0 Å². The van der Waals surface area contributed by atoms with Gasteiger partial charge in [0, 0.05) is 0 Å². The minimum Gasteiger partial charge on any atom is -0.756 e. The predicted octanol–water partition coefficient (Wildman–Crippen LogP) is 8.37. The number of nitrogens with zero attached hydrogens (tertiary/aromatic N) is 2. The van der Waals surface area contributed by atoms with Gasteiger partial charge in [-0.05, 0) is 32.1 Å². The van der Waals surface area contributed by atoms with Crippen LogP contribution in [0.25, 0.3) is 0 Å². The highest BCUT2D eigenvalue weighted by Crippen LogP contribution is 2.38. The lowest BCUT2D eigenvalue weighted by Crippen LogP contribution is -2.30. The third-order valence-corrected chi connectivity index (χ3v) is 7.19. The SMILES string of the molecule is CCCCCCCCCCCCCCCC[n+]1ccn(CCCC)c1.CCCOP(=O)([O-])OCCC. The predicted molar refractivity (Wildman–Crippen MR) is 150 cm³/mol. The van der Waals surface area contributed by atoms with Crippen LogP contribution >= 0.6 is 7.82 Å². The quantitative estimate of drug-likeness (QED) is 0.0765. The van der Waals surface area contributed by atoms with Crippen LogP contribution in [0.4, 0.5) is 0 Å². The Bertz CT molecular complexity index is 612. The van der Waals surface area contributed by atoms with E-state index in [4.69, 9.17) is 0 Å². The van der Waals surface area contributed by atoms with Gasteiger partial charge in [-0.25, -0.2) is 9.13 Å². The van der Waals surface area contributed by atoms with Gasteiger partial charge in [-0.1, -0.05) is 111 Å². The van der Waals surface area contributed by atoms with Crippen molar-refractivity contribution < 1.29 is 23.1 Å². The molecule has 36 heavy (non-hydrogen) atoms. The molecule has 0 bridgehead atoms. The van der Waals surface area contributed by atoms with E-state index in [1.165, 1.54) is 116 Å². The van der Waals surface area contributed by atoms with Crippen molar-refractivity contribution in [2.24, 2.45) is 0 Å². The van der Waals surface area contributed by atoms with Gasteiger partial charge in [0.15, 0.2) is 0 Å². The Hall–Kier alpha value is -0.680. The van der Waals surface area contributed by atoms with Gasteiger partial charge in [0.25, 0.3) is 7.82 Å². The van der Waals surface area contributed by atoms with Crippen LogP contribution in [0.5, 0.6) is 0 Å². The molecule has 0 radical (unpaired) electrons. The fraction of sp³-hybridized carbons (Fsp3) is 0.897. The van der Waals surface area contributed by atoms with Crippen LogP contribution in [0.3, 0.4) is 0 Å². The summed E-state index contributed by atoms with van der Waals surface area (Å²) in [4.78, 5) is 10.7. The molecule has 6 nitrogen and oxygen atoms in total. The molecule has 0 atom stereocenters. The smallest absolute Gasteiger partial charge is 0.267 e. The minimum atomic E-state index is -3.98. The van der Waals surface area contributed by atoms with Crippen molar-refractivity contribution in [3.8, 4) is 0 Å². The lowest BCUT2D eigenvalue weighted by molar-refractivity contribution is -0.696. The molecule has 0 aliphatic heterocycles. The maximum Gasteiger partial charge on any atom is 0.267 e. The maximum absolute atomic E-state index is 10.7. The first kappa shape index (κ1) is 35.3. The lowest BCUT2D eigenvalue weighted by atomic mass is 10.0. The van der Waals surface area contributed by atoms with Gasteiger partial charge in [-0.15, -0.1) is 0 Å². The second kappa shape index (κ2) is 25.9. The zero-order valence-corrected chi connectivity index (χ0v) is 25.2. The van der Waals surface area contributed by atoms with E-state index < -0.39 is 7.82 Å². The Morgan fingerprint density at radius 3 is 1.56 bits per heavy atom. The molecule has 1 heterocycles. The molecule has 7 heteroatoms. The number of rotatable bonds is 24. The Balaban J connectivity index is 0.000000935. The molecular formula is C29H59N2O4P. The van der Waals surface area contributed by atoms with Gasteiger partial charge in [0.05, 0.1) is 26.3 Å². The molecule has 0 aromatic carbocycles. The fourth-order valence-corrected chi connectivity index (χ4v) is 4.86. The maximum atomic E-state index is 10.7. The van der Waals surface area contributed by atoms with Crippen molar-refractivity contribution in [2.45, 2.75) is 156 Å². The highest BCUT2D eigenvalue weighted by Gasteiger charge is 2.06. The average molecular weight is 531 g/mol. The summed E-state index contributed by atoms with van der Waals surface area (Å²) in [6, 6.07) is 0. The number of hydrogen-bond donors (Lipinski definition) is 0. The molecule has 1 aromatic rings. The third-order valence-electron chi connectivity index (χ3n) is 6.19. The van der Waals surface area contributed by atoms with E-state index in [9.17, 15) is 9.46 Å². The van der Waals surface area contributed by atoms with Crippen LogP contribution in [0, 0.1) is 0 Å². The average Bonchev–Trinajstić information content (AvgIpc) is 3.33. The first-order valence-corrected chi connectivity index (χ1v) is 16.6. The largest absolute Gasteiger partial charge is 0.756 e. The summed E-state index contributed by atoms with van der Waals surface area (Å²) in [5, 5.41) is 0. The molecule has 0 unspecified atom stereocenters. The minimum absolute atomic E-state index is 0.199. The summed E-state index contributed by atoms with van der Waals surface area (Å²) < 4.78 is 24.3. The van der Waals surface area contributed by atoms with Crippen LogP contribution in [-0.4, -0.2) is 17.8 Å². The van der Waals surface area contributed by atoms with Gasteiger partial charge in [-0.3, -0.25) is 4.57 Å². The number of imidazole rings is 1. The summed E-state index contributed by atoms with van der Waals surface area (Å²) in [5.74, 6) is 0. The van der Waals surface area contributed by atoms with E-state index in [1.807, 2.05) is 13.8 Å². The van der Waals surface area contributed by atoms with Crippen LogP contribution in [0.1, 0.15) is 143 Å². The highest BCUT2D eigenvalue weighted by atomic mass is 31.2. The molecule has 1 aromatic heterocycles. The first-order valence-electron chi connectivity index (χ1n) is 15.1. The van der Waals surface area contributed by atoms with E-state index in [1.54, 1.807) is 0 Å². The number of aromatic nitrogens is 2. The molecule has 214 valence electrons. The first-order chi connectivity index (χ1) is 17.5. The topological polar surface area (TPSA) is 67.4 Å². The number of hydrogen-bond acceptors (Lipinski definition) is 4. The molecule has 0 saturated heterocycles. The van der Waals surface area contributed by atoms with Crippen molar-refractivity contribution in [3.05, 3.63) is 18.7 Å². The fourth-order valence-electron chi connectivity index (χ4n) is 3.98. The summed E-state index contributed by atoms with van der Waals surface area (Å²) in [5.41, 5.74) is 0. The lowest BCUT2D eigenvalue weighted by Gasteiger charge is -2.21. The molecule has 1 rings (SSSR count). The Labute approximate surface area is 223 Å². The van der Waals surface area contributed by atoms with Crippen LogP contribution in [0.2, 0.25) is 0 Å². The van der Waals surface area contributed by atoms with Gasteiger partial charge in [0.2, 0.25) is 6.33 Å². The molecule has 0 N–H and O–H groups in total. The Morgan fingerprint density at radius 1 is 0.667 bits per heavy atom. The van der Waals surface area contributed by atoms with Crippen molar-refractivity contribution >= 4 is 7.82 Å². The molecule has 0 saturated carbocycles. The number of unbranched alkanes of at least 4 members (excludes halogenated alkanes) is 14. The number of phosphoric acid groups is 1. The van der Waals surface area contributed by atoms with E-state index in [-0.39, 0.29) is 13.2 Å². The second-order valence-electron chi connectivity index (χ2n) is 9.95. The van der Waals surface area contributed by atoms with E-state index in [2.05, 4.69) is 50.8 Å². The zero-order chi connectivity index (χ0) is 26.7. The van der Waals surface area contributed by atoms with Crippen LogP contribution < -0.4 is 9.46 Å². The highest BCUT2D eigenvalue weighted by molar-refractivity contribution is 7.45. The monoisotopic (exact) mass is 530 g/mol. The van der Waals surface area contributed by atoms with Gasteiger partial charge in [-0.2, -0.15) is 0 Å².